The maximum Gasteiger partial charge on any atom is 0.302 e. The minimum Gasteiger partial charge on any atom is -0.365 e. The number of rotatable bonds is 3. The summed E-state index contributed by atoms with van der Waals surface area (Å²) in [4.78, 5) is 12.0. The first kappa shape index (κ1) is 10.4. The molecule has 0 aliphatic carbocycles. The number of H-pyrrole nitrogens is 1. The Hall–Kier alpha value is -1.72. The fraction of sp³-hybridized carbons (Fsp3) is 0.250. The highest BCUT2D eigenvalue weighted by Gasteiger charge is 2.17. The molecule has 0 amide bonds. The lowest BCUT2D eigenvalue weighted by Gasteiger charge is -2.16. The van der Waals surface area contributed by atoms with E-state index >= 15 is 0 Å². The maximum atomic E-state index is 13.1. The molecule has 1 heterocycles. The highest BCUT2D eigenvalue weighted by molar-refractivity contribution is 5.45. The molecule has 76 valence electrons. The number of anilines is 1. The van der Waals surface area contributed by atoms with E-state index in [2.05, 4.69) is 11.7 Å². The summed E-state index contributed by atoms with van der Waals surface area (Å²) in [5, 5.41) is 4.72. The zero-order chi connectivity index (χ0) is 10.7. The van der Waals surface area contributed by atoms with E-state index in [1.165, 1.54) is 18.0 Å². The van der Waals surface area contributed by atoms with E-state index in [0.717, 1.165) is 0 Å². The third-order valence-corrected chi connectivity index (χ3v) is 1.64. The number of nitrogens with zero attached hydrogens (tertiary/aromatic N) is 2. The molecule has 0 unspecified atom stereocenters. The summed E-state index contributed by atoms with van der Waals surface area (Å²) < 4.78 is 26.1. The number of halogens is 2. The van der Waals surface area contributed by atoms with Crippen molar-refractivity contribution in [3.05, 3.63) is 34.8 Å². The SMILES string of the molecule is C=CCN(C)c1c(F)n[nH]c(=O)c1F. The molecule has 6 heteroatoms. The topological polar surface area (TPSA) is 49.0 Å². The van der Waals surface area contributed by atoms with Gasteiger partial charge in [0.15, 0.2) is 0 Å². The van der Waals surface area contributed by atoms with Gasteiger partial charge in [-0.25, -0.2) is 5.10 Å². The zero-order valence-corrected chi connectivity index (χ0v) is 7.55. The van der Waals surface area contributed by atoms with Crippen LogP contribution in [0.15, 0.2) is 17.4 Å². The second-order valence-electron chi connectivity index (χ2n) is 2.68. The molecule has 0 aromatic carbocycles. The number of aromatic amines is 1. The minimum atomic E-state index is -1.18. The van der Waals surface area contributed by atoms with E-state index in [-0.39, 0.29) is 6.54 Å². The normalized spacial score (nSPS) is 9.93. The fourth-order valence-electron chi connectivity index (χ4n) is 1.01. The highest BCUT2D eigenvalue weighted by atomic mass is 19.1. The van der Waals surface area contributed by atoms with Gasteiger partial charge in [-0.15, -0.1) is 11.7 Å². The molecule has 0 spiro atoms. The molecule has 0 radical (unpaired) electrons. The van der Waals surface area contributed by atoms with Crippen LogP contribution in [0.4, 0.5) is 14.5 Å². The van der Waals surface area contributed by atoms with Crippen LogP contribution in [0.5, 0.6) is 0 Å². The minimum absolute atomic E-state index is 0.221. The first-order chi connectivity index (χ1) is 6.57. The molecule has 0 saturated carbocycles. The standard InChI is InChI=1S/C8H9F2N3O/c1-3-4-13(2)6-5(9)8(14)12-11-7(6)10/h3H,1,4H2,2H3,(H,12,14). The predicted molar refractivity (Wildman–Crippen MR) is 48.2 cm³/mol. The van der Waals surface area contributed by atoms with Crippen molar-refractivity contribution in [3.8, 4) is 0 Å². The lowest BCUT2D eigenvalue weighted by molar-refractivity contribution is 0.518. The van der Waals surface area contributed by atoms with Crippen LogP contribution in [-0.4, -0.2) is 23.8 Å². The van der Waals surface area contributed by atoms with Crippen LogP contribution < -0.4 is 10.5 Å². The number of nitrogens with one attached hydrogen (secondary N) is 1. The summed E-state index contributed by atoms with van der Waals surface area (Å²) in [7, 11) is 1.43. The Bertz CT molecular complexity index is 402. The van der Waals surface area contributed by atoms with Crippen LogP contribution in [0.2, 0.25) is 0 Å². The Kier molecular flexibility index (Phi) is 2.95. The Morgan fingerprint density at radius 1 is 1.64 bits per heavy atom. The second kappa shape index (κ2) is 3.99. The van der Waals surface area contributed by atoms with E-state index < -0.39 is 23.0 Å². The Morgan fingerprint density at radius 3 is 2.86 bits per heavy atom. The van der Waals surface area contributed by atoms with E-state index in [1.807, 2.05) is 0 Å². The zero-order valence-electron chi connectivity index (χ0n) is 7.55. The number of aromatic nitrogens is 2. The lowest BCUT2D eigenvalue weighted by atomic mass is 10.4. The Morgan fingerprint density at radius 2 is 2.29 bits per heavy atom. The molecule has 0 fully saturated rings. The first-order valence-corrected chi connectivity index (χ1v) is 3.83. The first-order valence-electron chi connectivity index (χ1n) is 3.83. The van der Waals surface area contributed by atoms with Gasteiger partial charge >= 0.3 is 5.56 Å². The van der Waals surface area contributed by atoms with Crippen molar-refractivity contribution in [2.75, 3.05) is 18.5 Å². The van der Waals surface area contributed by atoms with Gasteiger partial charge in [-0.3, -0.25) is 4.79 Å². The van der Waals surface area contributed by atoms with Crippen LogP contribution in [0, 0.1) is 11.8 Å². The van der Waals surface area contributed by atoms with E-state index in [4.69, 9.17) is 0 Å². The van der Waals surface area contributed by atoms with Crippen molar-refractivity contribution < 1.29 is 8.78 Å². The van der Waals surface area contributed by atoms with Crippen LogP contribution in [-0.2, 0) is 0 Å². The van der Waals surface area contributed by atoms with Crippen LogP contribution in [0.1, 0.15) is 0 Å². The van der Waals surface area contributed by atoms with Gasteiger partial charge in [0.1, 0.15) is 5.69 Å². The largest absolute Gasteiger partial charge is 0.365 e. The van der Waals surface area contributed by atoms with Crippen molar-refractivity contribution >= 4 is 5.69 Å². The summed E-state index contributed by atoms with van der Waals surface area (Å²) >= 11 is 0. The summed E-state index contributed by atoms with van der Waals surface area (Å²) in [5.74, 6) is -2.23. The van der Waals surface area contributed by atoms with Gasteiger partial charge in [0.2, 0.25) is 5.82 Å². The second-order valence-corrected chi connectivity index (χ2v) is 2.68. The third kappa shape index (κ3) is 1.78. The molecule has 0 bridgehead atoms. The molecule has 1 N–H and O–H groups in total. The smallest absolute Gasteiger partial charge is 0.302 e. The molecule has 1 aromatic heterocycles. The molecule has 4 nitrogen and oxygen atoms in total. The average molecular weight is 201 g/mol. The average Bonchev–Trinajstić information content (AvgIpc) is 2.13. The van der Waals surface area contributed by atoms with Gasteiger partial charge in [0.25, 0.3) is 5.95 Å². The molecule has 14 heavy (non-hydrogen) atoms. The molecule has 1 rings (SSSR count). The van der Waals surface area contributed by atoms with Crippen LogP contribution >= 0.6 is 0 Å². The highest BCUT2D eigenvalue weighted by Crippen LogP contribution is 2.16. The number of likely N-dealkylation sites (N-methyl/N-ethyl adjacent to an activating group) is 1. The van der Waals surface area contributed by atoms with E-state index in [1.54, 1.807) is 5.10 Å². The van der Waals surface area contributed by atoms with Gasteiger partial charge in [-0.2, -0.15) is 8.78 Å². The summed E-state index contributed by atoms with van der Waals surface area (Å²) in [6.45, 7) is 3.64. The molecule has 1 aromatic rings. The van der Waals surface area contributed by atoms with Crippen LogP contribution in [0.25, 0.3) is 0 Å². The number of hydrogen-bond acceptors (Lipinski definition) is 3. The maximum absolute atomic E-state index is 13.1. The van der Waals surface area contributed by atoms with Gasteiger partial charge in [0.05, 0.1) is 0 Å². The van der Waals surface area contributed by atoms with Gasteiger partial charge in [-0.05, 0) is 0 Å². The van der Waals surface area contributed by atoms with Crippen molar-refractivity contribution in [1.29, 1.82) is 0 Å². The van der Waals surface area contributed by atoms with Gasteiger partial charge < -0.3 is 4.90 Å². The molecular weight excluding hydrogens is 192 g/mol. The summed E-state index contributed by atoms with van der Waals surface area (Å²) in [6.07, 6.45) is 1.46. The van der Waals surface area contributed by atoms with Crippen molar-refractivity contribution in [3.63, 3.8) is 0 Å². The Balaban J connectivity index is 3.24. The van der Waals surface area contributed by atoms with E-state index in [9.17, 15) is 13.6 Å². The fourth-order valence-corrected chi connectivity index (χ4v) is 1.01. The van der Waals surface area contributed by atoms with Gasteiger partial charge in [-0.1, -0.05) is 6.08 Å². The van der Waals surface area contributed by atoms with Crippen molar-refractivity contribution in [2.24, 2.45) is 0 Å². The quantitative estimate of drug-likeness (QED) is 0.731. The van der Waals surface area contributed by atoms with Crippen molar-refractivity contribution in [2.45, 2.75) is 0 Å². The summed E-state index contributed by atoms with van der Waals surface area (Å²) in [6, 6.07) is 0. The molecule has 0 atom stereocenters. The molecule has 0 aliphatic rings. The Labute approximate surface area is 78.9 Å². The predicted octanol–water partition coefficient (Wildman–Crippen LogP) is 0.670. The lowest BCUT2D eigenvalue weighted by Crippen LogP contribution is -2.25. The summed E-state index contributed by atoms with van der Waals surface area (Å²) in [5.41, 5.74) is -1.49. The monoisotopic (exact) mass is 201 g/mol. The third-order valence-electron chi connectivity index (χ3n) is 1.64. The van der Waals surface area contributed by atoms with Crippen LogP contribution in [0.3, 0.4) is 0 Å². The van der Waals surface area contributed by atoms with Gasteiger partial charge in [0, 0.05) is 13.6 Å². The molecule has 0 aliphatic heterocycles. The molecule has 0 saturated heterocycles. The van der Waals surface area contributed by atoms with Crippen molar-refractivity contribution in [1.82, 2.24) is 10.2 Å². The number of hydrogen-bond donors (Lipinski definition) is 1. The van der Waals surface area contributed by atoms with E-state index in [0.29, 0.717) is 0 Å². The molecular formula is C8H9F2N3O.